The van der Waals surface area contributed by atoms with Crippen molar-refractivity contribution in [3.8, 4) is 0 Å². The zero-order valence-corrected chi connectivity index (χ0v) is 16.2. The van der Waals surface area contributed by atoms with E-state index in [1.165, 1.54) is 42.4 Å². The Kier molecular flexibility index (Phi) is 6.02. The lowest BCUT2D eigenvalue weighted by atomic mass is 10.2. The van der Waals surface area contributed by atoms with E-state index in [1.807, 2.05) is 11.4 Å². The summed E-state index contributed by atoms with van der Waals surface area (Å²) < 4.78 is 18.7. The van der Waals surface area contributed by atoms with Gasteiger partial charge in [0.2, 0.25) is 0 Å². The number of nitrogens with zero attached hydrogens (tertiary/aromatic N) is 2. The number of fused-ring (bicyclic) bond motifs is 1. The summed E-state index contributed by atoms with van der Waals surface area (Å²) in [5.41, 5.74) is 0.787. The maximum atomic E-state index is 13.5. The number of anilines is 1. The Labute approximate surface area is 163 Å². The average molecular weight is 405 g/mol. The van der Waals surface area contributed by atoms with Crippen molar-refractivity contribution >= 4 is 50.9 Å². The third-order valence-corrected chi connectivity index (χ3v) is 5.47. The summed E-state index contributed by atoms with van der Waals surface area (Å²) >= 11 is 2.72. The van der Waals surface area contributed by atoms with Gasteiger partial charge in [0.25, 0.3) is 5.91 Å². The largest absolute Gasteiger partial charge is 0.452 e. The fourth-order valence-electron chi connectivity index (χ4n) is 2.21. The molecule has 0 unspecified atom stereocenters. The molecule has 0 aliphatic carbocycles. The maximum Gasteiger partial charge on any atom is 0.317 e. The first-order chi connectivity index (χ1) is 12.9. The predicted octanol–water partition coefficient (Wildman–Crippen LogP) is 3.80. The van der Waals surface area contributed by atoms with Crippen molar-refractivity contribution in [3.05, 3.63) is 47.4 Å². The summed E-state index contributed by atoms with van der Waals surface area (Å²) in [5.74, 6) is -1.48. The number of esters is 1. The maximum absolute atomic E-state index is 13.5. The van der Waals surface area contributed by atoms with Crippen molar-refractivity contribution in [2.75, 3.05) is 11.1 Å². The van der Waals surface area contributed by atoms with Gasteiger partial charge < -0.3 is 10.1 Å². The number of halogens is 1. The van der Waals surface area contributed by atoms with E-state index in [2.05, 4.69) is 15.3 Å². The minimum Gasteiger partial charge on any atom is -0.452 e. The molecule has 0 saturated heterocycles. The van der Waals surface area contributed by atoms with E-state index >= 15 is 0 Å². The van der Waals surface area contributed by atoms with Gasteiger partial charge in [-0.1, -0.05) is 17.8 Å². The fourth-order valence-corrected chi connectivity index (χ4v) is 3.77. The second kappa shape index (κ2) is 8.45. The molecule has 0 saturated carbocycles. The minimum absolute atomic E-state index is 0.0126. The lowest BCUT2D eigenvalue weighted by molar-refractivity contribution is -0.150. The van der Waals surface area contributed by atoms with Crippen molar-refractivity contribution in [1.82, 2.24) is 9.97 Å². The molecule has 0 spiro atoms. The molecule has 0 bridgehead atoms. The summed E-state index contributed by atoms with van der Waals surface area (Å²) in [6.07, 6.45) is 0.442. The van der Waals surface area contributed by atoms with E-state index in [4.69, 9.17) is 4.74 Å². The number of hydrogen-bond acceptors (Lipinski definition) is 7. The van der Waals surface area contributed by atoms with Crippen molar-refractivity contribution in [2.24, 2.45) is 0 Å². The predicted molar refractivity (Wildman–Crippen MR) is 103 cm³/mol. The number of amides is 1. The standard InChI is InChI=1S/C18H16FN3O3S2/c1-10-3-4-12(7-14(10)19)22-16(24)11(2)25-15(23)8-27-18-13-5-6-26-17(13)20-9-21-18/h3-7,9,11H,8H2,1-2H3,(H,22,24)/t11-/m1/s1. The molecule has 2 aromatic heterocycles. The number of benzene rings is 1. The summed E-state index contributed by atoms with van der Waals surface area (Å²) in [5, 5.41) is 6.00. The quantitative estimate of drug-likeness (QED) is 0.382. The van der Waals surface area contributed by atoms with E-state index < -0.39 is 23.8 Å². The van der Waals surface area contributed by atoms with Crippen LogP contribution in [0.2, 0.25) is 0 Å². The van der Waals surface area contributed by atoms with E-state index in [0.717, 1.165) is 10.2 Å². The third kappa shape index (κ3) is 4.81. The van der Waals surface area contributed by atoms with Gasteiger partial charge in [0.1, 0.15) is 22.0 Å². The number of aromatic nitrogens is 2. The number of nitrogens with one attached hydrogen (secondary N) is 1. The number of rotatable bonds is 6. The molecule has 9 heteroatoms. The van der Waals surface area contributed by atoms with E-state index in [-0.39, 0.29) is 5.75 Å². The monoisotopic (exact) mass is 405 g/mol. The van der Waals surface area contributed by atoms with Gasteiger partial charge in [0.05, 0.1) is 5.75 Å². The van der Waals surface area contributed by atoms with Gasteiger partial charge in [-0.3, -0.25) is 9.59 Å². The number of aryl methyl sites for hydroxylation is 1. The number of hydrogen-bond donors (Lipinski definition) is 1. The Balaban J connectivity index is 1.53. The van der Waals surface area contributed by atoms with Crippen LogP contribution in [0.15, 0.2) is 41.0 Å². The molecule has 0 fully saturated rings. The summed E-state index contributed by atoms with van der Waals surface area (Å²) in [6.45, 7) is 3.09. The van der Waals surface area contributed by atoms with Gasteiger partial charge in [-0.25, -0.2) is 14.4 Å². The van der Waals surface area contributed by atoms with Crippen molar-refractivity contribution < 1.29 is 18.7 Å². The summed E-state index contributed by atoms with van der Waals surface area (Å²) in [6, 6.07) is 6.26. The first kappa shape index (κ1) is 19.2. The molecule has 1 N–H and O–H groups in total. The minimum atomic E-state index is -1.01. The average Bonchev–Trinajstić information content (AvgIpc) is 3.12. The topological polar surface area (TPSA) is 81.2 Å². The van der Waals surface area contributed by atoms with E-state index in [0.29, 0.717) is 16.3 Å². The van der Waals surface area contributed by atoms with Crippen LogP contribution < -0.4 is 5.32 Å². The second-order valence-electron chi connectivity index (χ2n) is 5.69. The highest BCUT2D eigenvalue weighted by Crippen LogP contribution is 2.27. The Morgan fingerprint density at radius 2 is 2.15 bits per heavy atom. The van der Waals surface area contributed by atoms with Crippen LogP contribution in [-0.4, -0.2) is 33.7 Å². The van der Waals surface area contributed by atoms with Gasteiger partial charge in [-0.2, -0.15) is 0 Å². The van der Waals surface area contributed by atoms with Gasteiger partial charge >= 0.3 is 5.97 Å². The first-order valence-corrected chi connectivity index (χ1v) is 9.88. The Bertz CT molecular complexity index is 993. The number of carbonyl (C=O) groups is 2. The molecule has 1 aromatic carbocycles. The molecule has 27 heavy (non-hydrogen) atoms. The van der Waals surface area contributed by atoms with Gasteiger partial charge in [-0.05, 0) is 43.0 Å². The number of thiophene rings is 1. The SMILES string of the molecule is Cc1ccc(NC(=O)[C@@H](C)OC(=O)CSc2ncnc3sccc23)cc1F. The van der Waals surface area contributed by atoms with Gasteiger partial charge in [0.15, 0.2) is 6.10 Å². The molecule has 0 aliphatic heterocycles. The second-order valence-corrected chi connectivity index (χ2v) is 7.55. The Hall–Kier alpha value is -2.52. The van der Waals surface area contributed by atoms with Crippen molar-refractivity contribution in [3.63, 3.8) is 0 Å². The molecule has 1 amide bonds. The molecule has 1 atom stereocenters. The molecule has 0 radical (unpaired) electrons. The smallest absolute Gasteiger partial charge is 0.317 e. The number of thioether (sulfide) groups is 1. The van der Waals surface area contributed by atoms with Crippen molar-refractivity contribution in [1.29, 1.82) is 0 Å². The molecule has 140 valence electrons. The molecular weight excluding hydrogens is 389 g/mol. The zero-order chi connectivity index (χ0) is 19.4. The highest BCUT2D eigenvalue weighted by Gasteiger charge is 2.19. The van der Waals surface area contributed by atoms with Crippen LogP contribution in [0.25, 0.3) is 10.2 Å². The molecule has 3 rings (SSSR count). The summed E-state index contributed by atoms with van der Waals surface area (Å²) in [4.78, 5) is 33.3. The third-order valence-electron chi connectivity index (χ3n) is 3.67. The van der Waals surface area contributed by atoms with Crippen LogP contribution in [-0.2, 0) is 14.3 Å². The van der Waals surface area contributed by atoms with Crippen LogP contribution in [0, 0.1) is 12.7 Å². The normalized spacial score (nSPS) is 12.0. The highest BCUT2D eigenvalue weighted by molar-refractivity contribution is 8.00. The summed E-state index contributed by atoms with van der Waals surface area (Å²) in [7, 11) is 0. The first-order valence-electron chi connectivity index (χ1n) is 8.01. The van der Waals surface area contributed by atoms with Crippen LogP contribution in [0.3, 0.4) is 0 Å². The van der Waals surface area contributed by atoms with E-state index in [9.17, 15) is 14.0 Å². The number of carbonyl (C=O) groups excluding carboxylic acids is 2. The fraction of sp³-hybridized carbons (Fsp3) is 0.222. The lowest BCUT2D eigenvalue weighted by Crippen LogP contribution is -2.30. The van der Waals surface area contributed by atoms with Gasteiger partial charge in [-0.15, -0.1) is 11.3 Å². The van der Waals surface area contributed by atoms with E-state index in [1.54, 1.807) is 19.1 Å². The van der Waals surface area contributed by atoms with Crippen LogP contribution in [0.1, 0.15) is 12.5 Å². The van der Waals surface area contributed by atoms with Crippen LogP contribution in [0.5, 0.6) is 0 Å². The Morgan fingerprint density at radius 1 is 1.33 bits per heavy atom. The number of ether oxygens (including phenoxy) is 1. The van der Waals surface area contributed by atoms with Crippen LogP contribution >= 0.6 is 23.1 Å². The Morgan fingerprint density at radius 3 is 2.93 bits per heavy atom. The molecule has 3 aromatic rings. The van der Waals surface area contributed by atoms with Crippen molar-refractivity contribution in [2.45, 2.75) is 25.0 Å². The molecule has 0 aliphatic rings. The van der Waals surface area contributed by atoms with Crippen LogP contribution in [0.4, 0.5) is 10.1 Å². The highest BCUT2D eigenvalue weighted by atomic mass is 32.2. The molecule has 6 nitrogen and oxygen atoms in total. The molecule has 2 heterocycles. The molecular formula is C18H16FN3O3S2. The zero-order valence-electron chi connectivity index (χ0n) is 14.6. The van der Waals surface area contributed by atoms with Gasteiger partial charge in [0, 0.05) is 11.1 Å². The lowest BCUT2D eigenvalue weighted by Gasteiger charge is -2.13.